The van der Waals surface area contributed by atoms with Gasteiger partial charge in [-0.15, -0.1) is 0 Å². The molecule has 8 nitrogen and oxygen atoms in total. The molecule has 0 bridgehead atoms. The molecule has 39 heavy (non-hydrogen) atoms. The lowest BCUT2D eigenvalue weighted by atomic mass is 9.96. The number of sulfone groups is 1. The van der Waals surface area contributed by atoms with Crippen molar-refractivity contribution >= 4 is 32.4 Å². The Morgan fingerprint density at radius 1 is 1.00 bits per heavy atom. The zero-order valence-electron chi connectivity index (χ0n) is 21.6. The molecular formula is C30H30N4O4S. The maximum absolute atomic E-state index is 13.8. The van der Waals surface area contributed by atoms with Gasteiger partial charge in [0.1, 0.15) is 9.84 Å². The van der Waals surface area contributed by atoms with Crippen molar-refractivity contribution in [2.24, 2.45) is 0 Å². The summed E-state index contributed by atoms with van der Waals surface area (Å²) in [5.74, 6) is -0.386. The molecule has 0 saturated carbocycles. The van der Waals surface area contributed by atoms with Gasteiger partial charge in [-0.05, 0) is 48.2 Å². The van der Waals surface area contributed by atoms with Crippen LogP contribution >= 0.6 is 0 Å². The molecule has 0 aliphatic carbocycles. The predicted molar refractivity (Wildman–Crippen MR) is 151 cm³/mol. The van der Waals surface area contributed by atoms with Gasteiger partial charge in [0.05, 0.1) is 23.4 Å². The number of hydrogen-bond donors (Lipinski definition) is 3. The van der Waals surface area contributed by atoms with E-state index in [2.05, 4.69) is 21.7 Å². The van der Waals surface area contributed by atoms with Gasteiger partial charge in [0.15, 0.2) is 5.78 Å². The quantitative estimate of drug-likeness (QED) is 0.183. The second-order valence-electron chi connectivity index (χ2n) is 9.42. The minimum atomic E-state index is -3.08. The van der Waals surface area contributed by atoms with Crippen LogP contribution in [-0.2, 0) is 16.3 Å². The summed E-state index contributed by atoms with van der Waals surface area (Å²) in [5, 5.41) is 15.8. The number of aromatic nitrogens is 1. The number of fused-ring (bicyclic) bond motifs is 1. The first kappa shape index (κ1) is 27.8. The highest BCUT2D eigenvalue weighted by molar-refractivity contribution is 7.90. The summed E-state index contributed by atoms with van der Waals surface area (Å²) in [6.07, 6.45) is 3.87. The van der Waals surface area contributed by atoms with E-state index in [1.165, 1.54) is 6.26 Å². The van der Waals surface area contributed by atoms with Crippen molar-refractivity contribution in [2.75, 3.05) is 25.1 Å². The normalized spacial score (nSPS) is 12.1. The Kier molecular flexibility index (Phi) is 8.92. The zero-order valence-corrected chi connectivity index (χ0v) is 22.4. The summed E-state index contributed by atoms with van der Waals surface area (Å²) in [7, 11) is -3.08. The van der Waals surface area contributed by atoms with Crippen molar-refractivity contribution in [3.63, 3.8) is 0 Å². The van der Waals surface area contributed by atoms with E-state index in [-0.39, 0.29) is 24.0 Å². The van der Waals surface area contributed by atoms with Crippen LogP contribution in [0, 0.1) is 11.3 Å². The van der Waals surface area contributed by atoms with Gasteiger partial charge in [-0.25, -0.2) is 8.42 Å². The van der Waals surface area contributed by atoms with E-state index in [4.69, 9.17) is 5.26 Å². The number of hydrogen-bond acceptors (Lipinski definition) is 6. The van der Waals surface area contributed by atoms with Crippen LogP contribution in [0.5, 0.6) is 0 Å². The van der Waals surface area contributed by atoms with E-state index >= 15 is 0 Å². The number of Topliss-reactive ketones (excluding diaryl/α,β-unsaturated/α-hetero) is 1. The minimum absolute atomic E-state index is 0.0124. The Morgan fingerprint density at radius 2 is 1.74 bits per heavy atom. The summed E-state index contributed by atoms with van der Waals surface area (Å²) in [6.45, 7) is 0.814. The number of carbonyl (C=O) groups excluding carboxylic acids is 2. The summed E-state index contributed by atoms with van der Waals surface area (Å²) < 4.78 is 22.5. The number of ketones is 1. The number of benzene rings is 3. The molecule has 4 aromatic rings. The van der Waals surface area contributed by atoms with E-state index in [0.29, 0.717) is 47.0 Å². The first-order valence-corrected chi connectivity index (χ1v) is 14.7. The molecule has 0 radical (unpaired) electrons. The largest absolute Gasteiger partial charge is 0.360 e. The molecule has 0 aliphatic heterocycles. The van der Waals surface area contributed by atoms with Gasteiger partial charge in [0.25, 0.3) is 5.91 Å². The van der Waals surface area contributed by atoms with Crippen molar-refractivity contribution < 1.29 is 18.0 Å². The highest BCUT2D eigenvalue weighted by Crippen LogP contribution is 2.26. The molecule has 1 atom stereocenters. The van der Waals surface area contributed by atoms with Crippen LogP contribution in [0.25, 0.3) is 10.9 Å². The highest BCUT2D eigenvalue weighted by Gasteiger charge is 2.24. The molecule has 3 aromatic carbocycles. The number of nitrogens with one attached hydrogen (secondary N) is 3. The fourth-order valence-electron chi connectivity index (χ4n) is 4.38. The highest BCUT2D eigenvalue weighted by atomic mass is 32.2. The Hall–Kier alpha value is -4.26. The third kappa shape index (κ3) is 7.41. The Bertz CT molecular complexity index is 1600. The number of aromatic amines is 1. The van der Waals surface area contributed by atoms with Crippen molar-refractivity contribution in [3.8, 4) is 6.07 Å². The van der Waals surface area contributed by atoms with Crippen molar-refractivity contribution in [3.05, 3.63) is 107 Å². The molecule has 1 heterocycles. The lowest BCUT2D eigenvalue weighted by Crippen LogP contribution is -2.30. The molecule has 1 unspecified atom stereocenters. The van der Waals surface area contributed by atoms with Crippen molar-refractivity contribution in [1.29, 1.82) is 5.26 Å². The van der Waals surface area contributed by atoms with E-state index < -0.39 is 15.9 Å². The Morgan fingerprint density at radius 3 is 2.44 bits per heavy atom. The molecule has 4 rings (SSSR count). The minimum Gasteiger partial charge on any atom is -0.360 e. The lowest BCUT2D eigenvalue weighted by molar-refractivity contribution is 0.0940. The van der Waals surface area contributed by atoms with Gasteiger partial charge in [-0.3, -0.25) is 9.59 Å². The van der Waals surface area contributed by atoms with Gasteiger partial charge in [0, 0.05) is 47.6 Å². The van der Waals surface area contributed by atoms with E-state index in [0.717, 1.165) is 11.1 Å². The fraction of sp³-hybridized carbons (Fsp3) is 0.233. The molecule has 1 amide bonds. The standard InChI is InChI=1S/C30H30N4O4S/c1-39(37,38)17-5-15-33-30(36)24-12-13-25-26(20-34-27(25)18-24)29(35)28(23-6-3-2-4-7-23)32-16-14-21-8-10-22(19-31)11-9-21/h2-4,6-13,18,20,28,32,34H,5,14-17H2,1H3,(H,33,36). The summed E-state index contributed by atoms with van der Waals surface area (Å²) in [5.41, 5.74) is 4.12. The van der Waals surface area contributed by atoms with Crippen molar-refractivity contribution in [2.45, 2.75) is 18.9 Å². The summed E-state index contributed by atoms with van der Waals surface area (Å²) in [4.78, 5) is 29.4. The summed E-state index contributed by atoms with van der Waals surface area (Å²) in [6, 6.07) is 23.6. The number of carbonyl (C=O) groups is 2. The molecule has 1 aromatic heterocycles. The van der Waals surface area contributed by atoms with E-state index in [1.54, 1.807) is 36.5 Å². The number of H-pyrrole nitrogens is 1. The van der Waals surface area contributed by atoms with Gasteiger partial charge < -0.3 is 15.6 Å². The molecule has 0 saturated heterocycles. The number of amides is 1. The second-order valence-corrected chi connectivity index (χ2v) is 11.7. The molecule has 200 valence electrons. The maximum atomic E-state index is 13.8. The third-order valence-corrected chi connectivity index (χ3v) is 7.46. The first-order chi connectivity index (χ1) is 18.7. The second kappa shape index (κ2) is 12.5. The Labute approximate surface area is 228 Å². The van der Waals surface area contributed by atoms with Crippen LogP contribution in [0.15, 0.2) is 79.0 Å². The lowest BCUT2D eigenvalue weighted by Gasteiger charge is -2.18. The van der Waals surface area contributed by atoms with Crippen molar-refractivity contribution in [1.82, 2.24) is 15.6 Å². The molecule has 9 heteroatoms. The Balaban J connectivity index is 1.48. The topological polar surface area (TPSA) is 132 Å². The fourth-order valence-corrected chi connectivity index (χ4v) is 5.05. The number of nitrogens with zero attached hydrogens (tertiary/aromatic N) is 1. The molecular weight excluding hydrogens is 512 g/mol. The third-order valence-electron chi connectivity index (χ3n) is 6.43. The van der Waals surface area contributed by atoms with Crippen LogP contribution in [-0.4, -0.2) is 50.2 Å². The predicted octanol–water partition coefficient (Wildman–Crippen LogP) is 3.96. The monoisotopic (exact) mass is 542 g/mol. The zero-order chi connectivity index (χ0) is 27.8. The smallest absolute Gasteiger partial charge is 0.251 e. The van der Waals surface area contributed by atoms with Crippen LogP contribution in [0.2, 0.25) is 0 Å². The molecule has 0 spiro atoms. The van der Waals surface area contributed by atoms with Gasteiger partial charge >= 0.3 is 0 Å². The maximum Gasteiger partial charge on any atom is 0.251 e. The average Bonchev–Trinajstić information content (AvgIpc) is 3.37. The molecule has 0 fully saturated rings. The molecule has 3 N–H and O–H groups in total. The van der Waals surface area contributed by atoms with E-state index in [9.17, 15) is 18.0 Å². The number of nitriles is 1. The van der Waals surface area contributed by atoms with Crippen LogP contribution in [0.4, 0.5) is 0 Å². The van der Waals surface area contributed by atoms with Gasteiger partial charge in [-0.1, -0.05) is 48.5 Å². The van der Waals surface area contributed by atoms with Crippen LogP contribution in [0.1, 0.15) is 49.9 Å². The number of rotatable bonds is 12. The van der Waals surface area contributed by atoms with Gasteiger partial charge in [-0.2, -0.15) is 5.26 Å². The van der Waals surface area contributed by atoms with Crippen LogP contribution < -0.4 is 10.6 Å². The average molecular weight is 543 g/mol. The van der Waals surface area contributed by atoms with Gasteiger partial charge in [0.2, 0.25) is 0 Å². The SMILES string of the molecule is CS(=O)(=O)CCCNC(=O)c1ccc2c(C(=O)C(NCCc3ccc(C#N)cc3)c3ccccc3)c[nH]c2c1. The summed E-state index contributed by atoms with van der Waals surface area (Å²) >= 11 is 0. The first-order valence-electron chi connectivity index (χ1n) is 12.6. The van der Waals surface area contributed by atoms with E-state index in [1.807, 2.05) is 42.5 Å². The molecule has 0 aliphatic rings. The van der Waals surface area contributed by atoms with Crippen LogP contribution in [0.3, 0.4) is 0 Å².